The Labute approximate surface area is 92.1 Å². The minimum atomic E-state index is 0.740. The molecule has 0 N–H and O–H groups in total. The van der Waals surface area contributed by atoms with Crippen LogP contribution >= 0.6 is 24.4 Å². The van der Waals surface area contributed by atoms with Gasteiger partial charge in [0.25, 0.3) is 0 Å². The van der Waals surface area contributed by atoms with E-state index >= 15 is 0 Å². The third-order valence-corrected chi connectivity index (χ3v) is 4.56. The van der Waals surface area contributed by atoms with Crippen molar-refractivity contribution in [3.05, 3.63) is 0 Å². The van der Waals surface area contributed by atoms with Crippen LogP contribution in [-0.2, 0) is 0 Å². The first-order valence-corrected chi connectivity index (χ1v) is 6.89. The molecule has 0 radical (unpaired) electrons. The highest BCUT2D eigenvalue weighted by Gasteiger charge is 2.19. The zero-order valence-corrected chi connectivity index (χ0v) is 10.4. The van der Waals surface area contributed by atoms with Gasteiger partial charge in [0.1, 0.15) is 0 Å². The zero-order valence-electron chi connectivity index (χ0n) is 8.70. The van der Waals surface area contributed by atoms with Gasteiger partial charge in [0.05, 0.1) is 0 Å². The summed E-state index contributed by atoms with van der Waals surface area (Å²) in [6.45, 7) is 8.39. The Kier molecular flexibility index (Phi) is 5.60. The van der Waals surface area contributed by atoms with Crippen molar-refractivity contribution in [2.24, 2.45) is 5.92 Å². The van der Waals surface area contributed by atoms with Crippen molar-refractivity contribution < 1.29 is 0 Å². The normalized spacial score (nSPS) is 27.5. The standard InChI is InChI=1S/C10H21NS2/c1-3-10-7-11(4-5-13-10)6-9(2)8-12/h9-10,12H,3-8H2,1-2H3. The van der Waals surface area contributed by atoms with Crippen LogP contribution in [0.1, 0.15) is 20.3 Å². The Bertz CT molecular complexity index is 139. The van der Waals surface area contributed by atoms with Gasteiger partial charge in [-0.05, 0) is 18.1 Å². The number of nitrogens with zero attached hydrogens (tertiary/aromatic N) is 1. The summed E-state index contributed by atoms with van der Waals surface area (Å²) in [4.78, 5) is 2.60. The molecule has 1 heterocycles. The Morgan fingerprint density at radius 2 is 2.38 bits per heavy atom. The summed E-state index contributed by atoms with van der Waals surface area (Å²) in [5.41, 5.74) is 0. The van der Waals surface area contributed by atoms with E-state index in [1.807, 2.05) is 0 Å². The van der Waals surface area contributed by atoms with Crippen molar-refractivity contribution in [3.8, 4) is 0 Å². The Morgan fingerprint density at radius 1 is 1.62 bits per heavy atom. The van der Waals surface area contributed by atoms with E-state index in [1.165, 1.54) is 31.8 Å². The van der Waals surface area contributed by atoms with Gasteiger partial charge in [-0.3, -0.25) is 0 Å². The molecule has 0 aliphatic carbocycles. The summed E-state index contributed by atoms with van der Waals surface area (Å²) in [5, 5.41) is 0.876. The molecule has 78 valence electrons. The maximum absolute atomic E-state index is 4.33. The first-order valence-electron chi connectivity index (χ1n) is 5.21. The highest BCUT2D eigenvalue weighted by Crippen LogP contribution is 2.21. The Morgan fingerprint density at radius 3 is 3.00 bits per heavy atom. The molecule has 1 aliphatic heterocycles. The summed E-state index contributed by atoms with van der Waals surface area (Å²) in [7, 11) is 0. The first-order chi connectivity index (χ1) is 6.26. The molecule has 0 bridgehead atoms. The third kappa shape index (κ3) is 4.13. The summed E-state index contributed by atoms with van der Waals surface area (Å²) in [5.74, 6) is 3.07. The molecule has 13 heavy (non-hydrogen) atoms. The molecule has 0 saturated carbocycles. The molecule has 2 atom stereocenters. The largest absolute Gasteiger partial charge is 0.301 e. The molecule has 1 nitrogen and oxygen atoms in total. The van der Waals surface area contributed by atoms with Gasteiger partial charge in [-0.2, -0.15) is 24.4 Å². The van der Waals surface area contributed by atoms with E-state index in [2.05, 4.69) is 43.1 Å². The second kappa shape index (κ2) is 6.20. The molecule has 2 unspecified atom stereocenters. The van der Waals surface area contributed by atoms with Crippen LogP contribution in [0.4, 0.5) is 0 Å². The molecule has 0 spiro atoms. The van der Waals surface area contributed by atoms with Gasteiger partial charge in [0, 0.05) is 30.6 Å². The minimum absolute atomic E-state index is 0.740. The fourth-order valence-electron chi connectivity index (χ4n) is 1.69. The molecule has 1 rings (SSSR count). The van der Waals surface area contributed by atoms with Crippen LogP contribution in [0.5, 0.6) is 0 Å². The van der Waals surface area contributed by atoms with Gasteiger partial charge in [0.15, 0.2) is 0 Å². The number of thiol groups is 1. The van der Waals surface area contributed by atoms with Gasteiger partial charge in [0.2, 0.25) is 0 Å². The molecule has 0 aromatic heterocycles. The average Bonchev–Trinajstić information content (AvgIpc) is 2.18. The zero-order chi connectivity index (χ0) is 9.68. The lowest BCUT2D eigenvalue weighted by atomic mass is 10.2. The summed E-state index contributed by atoms with van der Waals surface area (Å²) >= 11 is 6.47. The quantitative estimate of drug-likeness (QED) is 0.723. The van der Waals surface area contributed by atoms with Crippen molar-refractivity contribution in [1.82, 2.24) is 4.90 Å². The number of thioether (sulfide) groups is 1. The molecule has 3 heteroatoms. The molecule has 1 fully saturated rings. The Balaban J connectivity index is 2.25. The van der Waals surface area contributed by atoms with Crippen molar-refractivity contribution in [1.29, 1.82) is 0 Å². The maximum Gasteiger partial charge on any atom is 0.0172 e. The second-order valence-corrected chi connectivity index (χ2v) is 5.72. The van der Waals surface area contributed by atoms with Crippen LogP contribution in [0, 0.1) is 5.92 Å². The smallest absolute Gasteiger partial charge is 0.0172 e. The first kappa shape index (κ1) is 11.7. The van der Waals surface area contributed by atoms with E-state index in [9.17, 15) is 0 Å². The van der Waals surface area contributed by atoms with E-state index in [-0.39, 0.29) is 0 Å². The highest BCUT2D eigenvalue weighted by atomic mass is 32.2. The minimum Gasteiger partial charge on any atom is -0.301 e. The van der Waals surface area contributed by atoms with E-state index in [0.717, 1.165) is 16.9 Å². The van der Waals surface area contributed by atoms with E-state index in [0.29, 0.717) is 0 Å². The molecular weight excluding hydrogens is 198 g/mol. The van der Waals surface area contributed by atoms with Gasteiger partial charge in [-0.25, -0.2) is 0 Å². The van der Waals surface area contributed by atoms with Gasteiger partial charge < -0.3 is 4.90 Å². The average molecular weight is 219 g/mol. The summed E-state index contributed by atoms with van der Waals surface area (Å²) < 4.78 is 0. The summed E-state index contributed by atoms with van der Waals surface area (Å²) in [6.07, 6.45) is 1.32. The van der Waals surface area contributed by atoms with Crippen LogP contribution in [0.3, 0.4) is 0 Å². The monoisotopic (exact) mass is 219 g/mol. The van der Waals surface area contributed by atoms with Crippen molar-refractivity contribution in [3.63, 3.8) is 0 Å². The molecule has 1 saturated heterocycles. The van der Waals surface area contributed by atoms with E-state index in [1.54, 1.807) is 0 Å². The lowest BCUT2D eigenvalue weighted by Crippen LogP contribution is -2.40. The molecule has 0 aromatic carbocycles. The van der Waals surface area contributed by atoms with E-state index in [4.69, 9.17) is 0 Å². The topological polar surface area (TPSA) is 3.24 Å². The van der Waals surface area contributed by atoms with Crippen molar-refractivity contribution in [2.45, 2.75) is 25.5 Å². The lowest BCUT2D eigenvalue weighted by Gasteiger charge is -2.33. The van der Waals surface area contributed by atoms with Gasteiger partial charge in [-0.1, -0.05) is 13.8 Å². The highest BCUT2D eigenvalue weighted by molar-refractivity contribution is 8.00. The van der Waals surface area contributed by atoms with Gasteiger partial charge in [-0.15, -0.1) is 0 Å². The predicted octanol–water partition coefficient (Wildman–Crippen LogP) is 2.38. The van der Waals surface area contributed by atoms with Crippen LogP contribution in [0.15, 0.2) is 0 Å². The number of hydrogen-bond acceptors (Lipinski definition) is 3. The lowest BCUT2D eigenvalue weighted by molar-refractivity contribution is 0.253. The Hall–Kier alpha value is 0.660. The summed E-state index contributed by atoms with van der Waals surface area (Å²) in [6, 6.07) is 0. The molecule has 0 aromatic rings. The van der Waals surface area contributed by atoms with Crippen molar-refractivity contribution >= 4 is 24.4 Å². The fraction of sp³-hybridized carbons (Fsp3) is 1.00. The SMILES string of the molecule is CCC1CN(CC(C)CS)CCS1. The second-order valence-electron chi connectivity index (χ2n) is 3.95. The van der Waals surface area contributed by atoms with Crippen molar-refractivity contribution in [2.75, 3.05) is 31.1 Å². The molecule has 1 aliphatic rings. The third-order valence-electron chi connectivity index (χ3n) is 2.56. The van der Waals surface area contributed by atoms with Crippen LogP contribution in [0.2, 0.25) is 0 Å². The van der Waals surface area contributed by atoms with Crippen LogP contribution < -0.4 is 0 Å². The number of hydrogen-bond donors (Lipinski definition) is 1. The van der Waals surface area contributed by atoms with Crippen LogP contribution in [-0.4, -0.2) is 41.3 Å². The molecular formula is C10H21NS2. The molecule has 0 amide bonds. The van der Waals surface area contributed by atoms with Crippen LogP contribution in [0.25, 0.3) is 0 Å². The maximum atomic E-state index is 4.33. The van der Waals surface area contributed by atoms with E-state index < -0.39 is 0 Å². The fourth-order valence-corrected chi connectivity index (χ4v) is 3.06. The van der Waals surface area contributed by atoms with Gasteiger partial charge >= 0.3 is 0 Å². The predicted molar refractivity (Wildman–Crippen MR) is 66.0 cm³/mol. The number of rotatable bonds is 4.